The molecule has 1 aliphatic heterocycles. The van der Waals surface area contributed by atoms with Gasteiger partial charge in [-0.05, 0) is 48.5 Å². The van der Waals surface area contributed by atoms with Crippen LogP contribution in [-0.2, 0) is 9.59 Å². The van der Waals surface area contributed by atoms with Crippen LogP contribution >= 0.6 is 0 Å². The van der Waals surface area contributed by atoms with Gasteiger partial charge in [-0.2, -0.15) is 0 Å². The first-order valence-electron chi connectivity index (χ1n) is 9.93. The van der Waals surface area contributed by atoms with Gasteiger partial charge >= 0.3 is 0 Å². The first-order chi connectivity index (χ1) is 14.7. The van der Waals surface area contributed by atoms with Crippen molar-refractivity contribution in [3.63, 3.8) is 0 Å². The molecule has 152 valence electrons. The second-order valence-corrected chi connectivity index (χ2v) is 6.98. The molecule has 1 aliphatic rings. The molecule has 3 aromatic carbocycles. The van der Waals surface area contributed by atoms with E-state index in [0.717, 1.165) is 17.1 Å². The summed E-state index contributed by atoms with van der Waals surface area (Å²) in [5.74, 6) is 0.433. The van der Waals surface area contributed by atoms with E-state index in [1.807, 2.05) is 78.9 Å². The summed E-state index contributed by atoms with van der Waals surface area (Å²) in [5.41, 5.74) is 3.39. The average Bonchev–Trinajstić information content (AvgIpc) is 2.79. The molecule has 6 heteroatoms. The van der Waals surface area contributed by atoms with Crippen LogP contribution in [0.1, 0.15) is 12.8 Å². The van der Waals surface area contributed by atoms with Crippen LogP contribution in [0.4, 0.5) is 22.7 Å². The summed E-state index contributed by atoms with van der Waals surface area (Å²) in [4.78, 5) is 26.6. The molecular formula is C24H23N3O3. The van der Waals surface area contributed by atoms with Gasteiger partial charge in [-0.25, -0.2) is 0 Å². The van der Waals surface area contributed by atoms with Gasteiger partial charge in [0.2, 0.25) is 11.8 Å². The number of hydrogen-bond acceptors (Lipinski definition) is 4. The second-order valence-electron chi connectivity index (χ2n) is 6.98. The molecule has 4 rings (SSSR count). The fraction of sp³-hybridized carbons (Fsp3) is 0.167. The first kappa shape index (κ1) is 19.5. The van der Waals surface area contributed by atoms with Gasteiger partial charge in [-0.1, -0.05) is 30.3 Å². The Balaban J connectivity index is 1.28. The summed E-state index contributed by atoms with van der Waals surface area (Å²) in [6, 6.07) is 24.8. The standard InChI is InChI=1S/C24H23N3O3/c28-23(14-15-24(29)27-16-17-30-22-9-5-4-8-21(22)27)26-20-12-10-19(11-13-20)25-18-6-2-1-3-7-18/h1-13,25H,14-17H2,(H,26,28). The lowest BCUT2D eigenvalue weighted by atomic mass is 10.2. The molecule has 0 radical (unpaired) electrons. The van der Waals surface area contributed by atoms with E-state index in [2.05, 4.69) is 10.6 Å². The molecule has 30 heavy (non-hydrogen) atoms. The lowest BCUT2D eigenvalue weighted by molar-refractivity contribution is -0.122. The number of nitrogens with one attached hydrogen (secondary N) is 2. The number of benzene rings is 3. The van der Waals surface area contributed by atoms with E-state index in [0.29, 0.717) is 24.6 Å². The summed E-state index contributed by atoms with van der Waals surface area (Å²) >= 11 is 0. The molecule has 0 unspecified atom stereocenters. The van der Waals surface area contributed by atoms with Crippen LogP contribution in [0.2, 0.25) is 0 Å². The first-order valence-corrected chi connectivity index (χ1v) is 9.93. The fourth-order valence-corrected chi connectivity index (χ4v) is 3.33. The monoisotopic (exact) mass is 401 g/mol. The zero-order chi connectivity index (χ0) is 20.8. The van der Waals surface area contributed by atoms with Crippen molar-refractivity contribution in [2.24, 2.45) is 0 Å². The molecule has 2 amide bonds. The predicted molar refractivity (Wildman–Crippen MR) is 118 cm³/mol. The Morgan fingerprint density at radius 3 is 2.27 bits per heavy atom. The summed E-state index contributed by atoms with van der Waals surface area (Å²) in [6.45, 7) is 0.950. The van der Waals surface area contributed by atoms with Gasteiger partial charge in [-0.3, -0.25) is 9.59 Å². The Bertz CT molecular complexity index is 1020. The van der Waals surface area contributed by atoms with Crippen molar-refractivity contribution < 1.29 is 14.3 Å². The molecule has 2 N–H and O–H groups in total. The minimum absolute atomic E-state index is 0.0803. The maximum atomic E-state index is 12.6. The number of amides is 2. The van der Waals surface area contributed by atoms with Crippen LogP contribution in [0, 0.1) is 0 Å². The number of rotatable bonds is 6. The average molecular weight is 401 g/mol. The lowest BCUT2D eigenvalue weighted by Crippen LogP contribution is -2.38. The van der Waals surface area contributed by atoms with Gasteiger partial charge in [-0.15, -0.1) is 0 Å². The Labute approximate surface area is 175 Å². The molecular weight excluding hydrogens is 378 g/mol. The van der Waals surface area contributed by atoms with Gasteiger partial charge in [0, 0.05) is 29.9 Å². The molecule has 0 spiro atoms. The highest BCUT2D eigenvalue weighted by Crippen LogP contribution is 2.31. The second kappa shape index (κ2) is 9.13. The van der Waals surface area contributed by atoms with Gasteiger partial charge in [0.1, 0.15) is 12.4 Å². The Kier molecular flexibility index (Phi) is 5.94. The van der Waals surface area contributed by atoms with Crippen LogP contribution in [0.15, 0.2) is 78.9 Å². The molecule has 0 bridgehead atoms. The maximum absolute atomic E-state index is 12.6. The maximum Gasteiger partial charge on any atom is 0.227 e. The highest BCUT2D eigenvalue weighted by atomic mass is 16.5. The zero-order valence-electron chi connectivity index (χ0n) is 16.5. The van der Waals surface area contributed by atoms with E-state index < -0.39 is 0 Å². The number of carbonyl (C=O) groups excluding carboxylic acids is 2. The highest BCUT2D eigenvalue weighted by molar-refractivity contribution is 5.99. The number of para-hydroxylation sites is 3. The van der Waals surface area contributed by atoms with Gasteiger partial charge in [0.15, 0.2) is 0 Å². The van der Waals surface area contributed by atoms with Crippen LogP contribution in [-0.4, -0.2) is 25.0 Å². The van der Waals surface area contributed by atoms with E-state index in [9.17, 15) is 9.59 Å². The topological polar surface area (TPSA) is 70.7 Å². The molecule has 0 fully saturated rings. The summed E-state index contributed by atoms with van der Waals surface area (Å²) in [5, 5.41) is 6.14. The van der Waals surface area contributed by atoms with Crippen molar-refractivity contribution in [1.82, 2.24) is 0 Å². The Morgan fingerprint density at radius 1 is 0.800 bits per heavy atom. The minimum atomic E-state index is -0.186. The van der Waals surface area contributed by atoms with Crippen molar-refractivity contribution in [3.05, 3.63) is 78.9 Å². The third-order valence-electron chi connectivity index (χ3n) is 4.83. The number of fused-ring (bicyclic) bond motifs is 1. The summed E-state index contributed by atoms with van der Waals surface area (Å²) in [6.07, 6.45) is 0.274. The molecule has 1 heterocycles. The van der Waals surface area contributed by atoms with E-state index in [1.54, 1.807) is 4.90 Å². The molecule has 0 saturated carbocycles. The van der Waals surface area contributed by atoms with Gasteiger partial charge in [0.05, 0.1) is 12.2 Å². The van der Waals surface area contributed by atoms with Gasteiger partial charge in [0.25, 0.3) is 0 Å². The van der Waals surface area contributed by atoms with Crippen LogP contribution in [0.25, 0.3) is 0 Å². The normalized spacial score (nSPS) is 12.5. The van der Waals surface area contributed by atoms with Crippen molar-refractivity contribution in [2.45, 2.75) is 12.8 Å². The van der Waals surface area contributed by atoms with Crippen molar-refractivity contribution in [1.29, 1.82) is 0 Å². The Morgan fingerprint density at radius 2 is 1.47 bits per heavy atom. The zero-order valence-corrected chi connectivity index (χ0v) is 16.5. The number of anilines is 4. The fourth-order valence-electron chi connectivity index (χ4n) is 3.33. The van der Waals surface area contributed by atoms with E-state index in [-0.39, 0.29) is 24.7 Å². The predicted octanol–water partition coefficient (Wildman–Crippen LogP) is 4.57. The number of ether oxygens (including phenoxy) is 1. The molecule has 0 aliphatic carbocycles. The van der Waals surface area contributed by atoms with Crippen molar-refractivity contribution in [3.8, 4) is 5.75 Å². The summed E-state index contributed by atoms with van der Waals surface area (Å²) in [7, 11) is 0. The number of nitrogens with zero attached hydrogens (tertiary/aromatic N) is 1. The molecule has 3 aromatic rings. The smallest absolute Gasteiger partial charge is 0.227 e. The molecule has 0 atom stereocenters. The highest BCUT2D eigenvalue weighted by Gasteiger charge is 2.23. The minimum Gasteiger partial charge on any atom is -0.490 e. The molecule has 0 aromatic heterocycles. The number of hydrogen-bond donors (Lipinski definition) is 2. The quantitative estimate of drug-likeness (QED) is 0.635. The Hall–Kier alpha value is -3.80. The molecule has 0 saturated heterocycles. The van der Waals surface area contributed by atoms with Crippen LogP contribution in [0.3, 0.4) is 0 Å². The third-order valence-corrected chi connectivity index (χ3v) is 4.83. The summed E-state index contributed by atoms with van der Waals surface area (Å²) < 4.78 is 5.58. The van der Waals surface area contributed by atoms with Crippen LogP contribution in [0.5, 0.6) is 5.75 Å². The van der Waals surface area contributed by atoms with E-state index in [1.165, 1.54) is 0 Å². The van der Waals surface area contributed by atoms with E-state index in [4.69, 9.17) is 4.74 Å². The van der Waals surface area contributed by atoms with E-state index >= 15 is 0 Å². The van der Waals surface area contributed by atoms with Crippen molar-refractivity contribution in [2.75, 3.05) is 28.7 Å². The van der Waals surface area contributed by atoms with Gasteiger partial charge < -0.3 is 20.3 Å². The largest absolute Gasteiger partial charge is 0.490 e. The number of carbonyl (C=O) groups is 2. The third kappa shape index (κ3) is 4.78. The van der Waals surface area contributed by atoms with Crippen molar-refractivity contribution >= 4 is 34.6 Å². The lowest BCUT2D eigenvalue weighted by Gasteiger charge is -2.29. The SMILES string of the molecule is O=C(CCC(=O)N1CCOc2ccccc21)Nc1ccc(Nc2ccccc2)cc1. The van der Waals surface area contributed by atoms with Crippen LogP contribution < -0.4 is 20.3 Å². The molecule has 6 nitrogen and oxygen atoms in total.